The van der Waals surface area contributed by atoms with Crippen LogP contribution in [0.15, 0.2) is 82.3 Å². The van der Waals surface area contributed by atoms with Crippen molar-refractivity contribution in [3.63, 3.8) is 0 Å². The van der Waals surface area contributed by atoms with E-state index >= 15 is 0 Å². The van der Waals surface area contributed by atoms with Gasteiger partial charge in [-0.15, -0.1) is 0 Å². The van der Waals surface area contributed by atoms with E-state index in [-0.39, 0.29) is 11.2 Å². The summed E-state index contributed by atoms with van der Waals surface area (Å²) in [6.07, 6.45) is 3.59. The van der Waals surface area contributed by atoms with Gasteiger partial charge in [-0.3, -0.25) is 14.3 Å². The van der Waals surface area contributed by atoms with Gasteiger partial charge >= 0.3 is 0 Å². The largest absolute Gasteiger partial charge is 0.451 e. The third-order valence-electron chi connectivity index (χ3n) is 3.95. The SMILES string of the molecule is O=C(Nc1cccc(Cn2cccn2)c1)c1cc(=O)c2ccccc2o1. The number of anilines is 1. The van der Waals surface area contributed by atoms with Gasteiger partial charge in [-0.25, -0.2) is 0 Å². The minimum Gasteiger partial charge on any atom is -0.451 e. The van der Waals surface area contributed by atoms with Crippen molar-refractivity contribution in [3.05, 3.63) is 94.6 Å². The molecule has 4 rings (SSSR count). The van der Waals surface area contributed by atoms with E-state index < -0.39 is 5.91 Å². The fourth-order valence-electron chi connectivity index (χ4n) is 2.74. The molecule has 0 aliphatic rings. The average molecular weight is 345 g/mol. The predicted octanol–water partition coefficient (Wildman–Crippen LogP) is 3.29. The van der Waals surface area contributed by atoms with Crippen molar-refractivity contribution in [3.8, 4) is 0 Å². The van der Waals surface area contributed by atoms with E-state index in [2.05, 4.69) is 10.4 Å². The van der Waals surface area contributed by atoms with Crippen molar-refractivity contribution < 1.29 is 9.21 Å². The molecule has 6 nitrogen and oxygen atoms in total. The Morgan fingerprint density at radius 1 is 1.08 bits per heavy atom. The number of carbonyl (C=O) groups is 1. The third-order valence-corrected chi connectivity index (χ3v) is 3.95. The number of nitrogens with one attached hydrogen (secondary N) is 1. The lowest BCUT2D eigenvalue weighted by Crippen LogP contribution is -2.15. The highest BCUT2D eigenvalue weighted by molar-refractivity contribution is 6.03. The Hall–Kier alpha value is -3.67. The Balaban J connectivity index is 1.57. The second-order valence-electron chi connectivity index (χ2n) is 5.83. The van der Waals surface area contributed by atoms with Crippen LogP contribution in [0.1, 0.15) is 16.1 Å². The minimum atomic E-state index is -0.468. The lowest BCUT2D eigenvalue weighted by Gasteiger charge is -2.08. The smallest absolute Gasteiger partial charge is 0.291 e. The predicted molar refractivity (Wildman–Crippen MR) is 98.2 cm³/mol. The number of rotatable bonds is 4. The molecule has 0 unspecified atom stereocenters. The number of amides is 1. The van der Waals surface area contributed by atoms with Crippen LogP contribution >= 0.6 is 0 Å². The van der Waals surface area contributed by atoms with Crippen molar-refractivity contribution in [2.45, 2.75) is 6.54 Å². The zero-order valence-electron chi connectivity index (χ0n) is 13.8. The van der Waals surface area contributed by atoms with Crippen LogP contribution in [-0.2, 0) is 6.54 Å². The Bertz CT molecular complexity index is 1130. The Labute approximate surface area is 148 Å². The van der Waals surface area contributed by atoms with Crippen molar-refractivity contribution in [1.29, 1.82) is 0 Å². The van der Waals surface area contributed by atoms with Crippen LogP contribution in [0.2, 0.25) is 0 Å². The first-order valence-electron chi connectivity index (χ1n) is 8.10. The molecule has 0 saturated heterocycles. The highest BCUT2D eigenvalue weighted by Gasteiger charge is 2.12. The lowest BCUT2D eigenvalue weighted by atomic mass is 10.2. The lowest BCUT2D eigenvalue weighted by molar-refractivity contribution is 0.0997. The fraction of sp³-hybridized carbons (Fsp3) is 0.0500. The Morgan fingerprint density at radius 2 is 1.96 bits per heavy atom. The molecule has 0 saturated carbocycles. The van der Waals surface area contributed by atoms with Crippen molar-refractivity contribution >= 4 is 22.6 Å². The first-order valence-corrected chi connectivity index (χ1v) is 8.10. The topological polar surface area (TPSA) is 77.1 Å². The number of carbonyl (C=O) groups excluding carboxylic acids is 1. The summed E-state index contributed by atoms with van der Waals surface area (Å²) in [6, 6.07) is 17.4. The molecule has 1 amide bonds. The summed E-state index contributed by atoms with van der Waals surface area (Å²) in [6.45, 7) is 0.599. The van der Waals surface area contributed by atoms with Gasteiger partial charge in [-0.05, 0) is 35.9 Å². The number of para-hydroxylation sites is 1. The molecule has 0 fully saturated rings. The Kier molecular flexibility index (Phi) is 4.07. The molecule has 4 aromatic rings. The van der Waals surface area contributed by atoms with Crippen LogP contribution in [0.4, 0.5) is 5.69 Å². The summed E-state index contributed by atoms with van der Waals surface area (Å²) in [5.41, 5.74) is 1.75. The van der Waals surface area contributed by atoms with Gasteiger partial charge in [0.05, 0.1) is 11.9 Å². The van der Waals surface area contributed by atoms with Crippen LogP contribution in [0.25, 0.3) is 11.0 Å². The van der Waals surface area contributed by atoms with Crippen LogP contribution in [0, 0.1) is 0 Å². The summed E-state index contributed by atoms with van der Waals surface area (Å²) >= 11 is 0. The van der Waals surface area contributed by atoms with Crippen molar-refractivity contribution in [2.75, 3.05) is 5.32 Å². The van der Waals surface area contributed by atoms with Gasteiger partial charge < -0.3 is 9.73 Å². The number of aromatic nitrogens is 2. The molecular weight excluding hydrogens is 330 g/mol. The molecule has 2 aromatic heterocycles. The van der Waals surface area contributed by atoms with Gasteiger partial charge in [0.15, 0.2) is 11.2 Å². The molecular formula is C20H15N3O3. The molecule has 1 N–H and O–H groups in total. The van der Waals surface area contributed by atoms with Crippen LogP contribution < -0.4 is 10.7 Å². The van der Waals surface area contributed by atoms with Gasteiger partial charge in [0.1, 0.15) is 5.58 Å². The second kappa shape index (κ2) is 6.68. The summed E-state index contributed by atoms with van der Waals surface area (Å²) in [7, 11) is 0. The molecule has 26 heavy (non-hydrogen) atoms. The van der Waals surface area contributed by atoms with Gasteiger partial charge in [-0.2, -0.15) is 5.10 Å². The van der Waals surface area contributed by atoms with E-state index in [0.717, 1.165) is 5.56 Å². The quantitative estimate of drug-likeness (QED) is 0.616. The first-order chi connectivity index (χ1) is 12.7. The number of nitrogens with zero attached hydrogens (tertiary/aromatic N) is 2. The van der Waals surface area contributed by atoms with E-state index in [4.69, 9.17) is 4.42 Å². The summed E-state index contributed by atoms with van der Waals surface area (Å²) in [5, 5.41) is 7.39. The molecule has 0 spiro atoms. The first kappa shape index (κ1) is 15.8. The maximum atomic E-state index is 12.5. The van der Waals surface area contributed by atoms with Crippen LogP contribution in [-0.4, -0.2) is 15.7 Å². The maximum absolute atomic E-state index is 12.5. The van der Waals surface area contributed by atoms with Gasteiger partial charge in [-0.1, -0.05) is 24.3 Å². The normalized spacial score (nSPS) is 10.8. The molecule has 6 heteroatoms. The Morgan fingerprint density at radius 3 is 2.81 bits per heavy atom. The number of benzene rings is 2. The van der Waals surface area contributed by atoms with Crippen LogP contribution in [0.3, 0.4) is 0 Å². The molecule has 0 aliphatic carbocycles. The average Bonchev–Trinajstić information content (AvgIpc) is 3.15. The van der Waals surface area contributed by atoms with Gasteiger partial charge in [0.2, 0.25) is 0 Å². The molecule has 0 aliphatic heterocycles. The van der Waals surface area contributed by atoms with Crippen molar-refractivity contribution in [2.24, 2.45) is 0 Å². The molecule has 0 atom stereocenters. The van der Waals surface area contributed by atoms with Gasteiger partial charge in [0, 0.05) is 24.1 Å². The van der Waals surface area contributed by atoms with E-state index in [1.54, 1.807) is 41.2 Å². The highest BCUT2D eigenvalue weighted by Crippen LogP contribution is 2.15. The second-order valence-corrected chi connectivity index (χ2v) is 5.83. The third kappa shape index (κ3) is 3.25. The maximum Gasteiger partial charge on any atom is 0.291 e. The van der Waals surface area contributed by atoms with E-state index in [1.807, 2.05) is 30.5 Å². The molecule has 2 heterocycles. The number of fused-ring (bicyclic) bond motifs is 1. The summed E-state index contributed by atoms with van der Waals surface area (Å²) in [5.74, 6) is -0.490. The standard InChI is InChI=1S/C20H15N3O3/c24-17-12-19(26-18-8-2-1-7-16(17)18)20(25)22-15-6-3-5-14(11-15)13-23-10-4-9-21-23/h1-12H,13H2,(H,22,25). The minimum absolute atomic E-state index is 0.0221. The fourth-order valence-corrected chi connectivity index (χ4v) is 2.74. The summed E-state index contributed by atoms with van der Waals surface area (Å²) in [4.78, 5) is 24.6. The molecule has 0 bridgehead atoms. The van der Waals surface area contributed by atoms with E-state index in [1.165, 1.54) is 6.07 Å². The number of hydrogen-bond acceptors (Lipinski definition) is 4. The molecule has 0 radical (unpaired) electrons. The van der Waals surface area contributed by atoms with E-state index in [9.17, 15) is 9.59 Å². The molecule has 2 aromatic carbocycles. The van der Waals surface area contributed by atoms with Crippen LogP contribution in [0.5, 0.6) is 0 Å². The van der Waals surface area contributed by atoms with Crippen molar-refractivity contribution in [1.82, 2.24) is 9.78 Å². The molecule has 128 valence electrons. The zero-order valence-corrected chi connectivity index (χ0v) is 13.8. The highest BCUT2D eigenvalue weighted by atomic mass is 16.3. The number of hydrogen-bond donors (Lipinski definition) is 1. The van der Waals surface area contributed by atoms with E-state index in [0.29, 0.717) is 23.2 Å². The monoisotopic (exact) mass is 345 g/mol. The zero-order chi connectivity index (χ0) is 17.9. The van der Waals surface area contributed by atoms with Gasteiger partial charge in [0.25, 0.3) is 5.91 Å². The summed E-state index contributed by atoms with van der Waals surface area (Å²) < 4.78 is 7.36.